The summed E-state index contributed by atoms with van der Waals surface area (Å²) in [6.07, 6.45) is 16.3. The molecule has 2 saturated heterocycles. The number of carbonyl (C=O) groups is 3. The van der Waals surface area contributed by atoms with Crippen molar-refractivity contribution in [3.05, 3.63) is 24.3 Å². The van der Waals surface area contributed by atoms with Gasteiger partial charge >= 0.3 is 5.97 Å². The van der Waals surface area contributed by atoms with Gasteiger partial charge in [0, 0.05) is 24.4 Å². The van der Waals surface area contributed by atoms with E-state index in [1.165, 1.54) is 6.42 Å². The lowest BCUT2D eigenvalue weighted by atomic mass is 9.78. The lowest BCUT2D eigenvalue weighted by molar-refractivity contribution is -0.153. The molecular formula is C25H34N2O5S. The number of nitrogens with zero attached hydrogens (tertiary/aromatic N) is 2. The van der Waals surface area contributed by atoms with E-state index in [4.69, 9.17) is 4.74 Å². The summed E-state index contributed by atoms with van der Waals surface area (Å²) < 4.78 is 4.79. The van der Waals surface area contributed by atoms with Gasteiger partial charge in [0.15, 0.2) is 0 Å². The van der Waals surface area contributed by atoms with Crippen LogP contribution in [-0.4, -0.2) is 81.1 Å². The van der Waals surface area contributed by atoms with Crippen LogP contribution in [0.3, 0.4) is 0 Å². The summed E-state index contributed by atoms with van der Waals surface area (Å²) in [7, 11) is 0. The zero-order chi connectivity index (χ0) is 23.0. The van der Waals surface area contributed by atoms with E-state index in [9.17, 15) is 19.5 Å². The second kappa shape index (κ2) is 9.45. The third-order valence-corrected chi connectivity index (χ3v) is 9.73. The van der Waals surface area contributed by atoms with Crippen LogP contribution >= 0.6 is 11.8 Å². The highest BCUT2D eigenvalue weighted by atomic mass is 32.2. The fraction of sp³-hybridized carbons (Fsp3) is 0.720. The minimum absolute atomic E-state index is 0.0373. The molecule has 4 heterocycles. The molecule has 1 aliphatic carbocycles. The number of cyclic esters (lactones) is 1. The quantitative estimate of drug-likeness (QED) is 0.499. The number of hydrogen-bond donors (Lipinski definition) is 1. The maximum absolute atomic E-state index is 14.1. The number of thioether (sulfide) groups is 1. The summed E-state index contributed by atoms with van der Waals surface area (Å²) in [6.45, 7) is 0.783. The minimum atomic E-state index is -0.820. The smallest absolute Gasteiger partial charge is 0.311 e. The van der Waals surface area contributed by atoms with Crippen molar-refractivity contribution in [1.82, 2.24) is 9.80 Å². The Bertz CT molecular complexity index is 854. The average Bonchev–Trinajstić information content (AvgIpc) is 3.20. The number of aliphatic hydroxyl groups is 1. The number of β-amino-alcohol motifs (C(OH)–C–C–N with tert-alkyl or cyclic N) is 1. The normalized spacial score (nSPS) is 38.4. The Labute approximate surface area is 199 Å². The highest BCUT2D eigenvalue weighted by molar-refractivity contribution is 8.02. The van der Waals surface area contributed by atoms with E-state index >= 15 is 0 Å². The number of esters is 1. The van der Waals surface area contributed by atoms with Crippen molar-refractivity contribution in [1.29, 1.82) is 0 Å². The van der Waals surface area contributed by atoms with E-state index in [0.717, 1.165) is 44.9 Å². The van der Waals surface area contributed by atoms with Crippen molar-refractivity contribution in [3.8, 4) is 0 Å². The number of amides is 2. The van der Waals surface area contributed by atoms with Gasteiger partial charge in [0.25, 0.3) is 0 Å². The fourth-order valence-electron chi connectivity index (χ4n) is 6.50. The molecule has 5 rings (SSSR count). The molecule has 8 heteroatoms. The molecule has 4 aliphatic heterocycles. The van der Waals surface area contributed by atoms with E-state index in [1.54, 1.807) is 16.7 Å². The monoisotopic (exact) mass is 474 g/mol. The molecule has 1 N–H and O–H groups in total. The molecule has 0 aromatic heterocycles. The predicted octanol–water partition coefficient (Wildman–Crippen LogP) is 2.29. The van der Waals surface area contributed by atoms with Gasteiger partial charge in [-0.15, -0.1) is 11.8 Å². The molecule has 2 amide bonds. The topological polar surface area (TPSA) is 87.2 Å². The third kappa shape index (κ3) is 3.83. The van der Waals surface area contributed by atoms with Gasteiger partial charge in [-0.05, 0) is 32.1 Å². The Morgan fingerprint density at radius 1 is 1.06 bits per heavy atom. The summed E-state index contributed by atoms with van der Waals surface area (Å²) in [6, 6.07) is -0.514. The Morgan fingerprint density at radius 2 is 1.88 bits per heavy atom. The first-order valence-corrected chi connectivity index (χ1v) is 13.4. The number of likely N-dealkylation sites (tertiary alicyclic amines) is 1. The molecule has 7 nitrogen and oxygen atoms in total. The highest BCUT2D eigenvalue weighted by Crippen LogP contribution is 2.60. The van der Waals surface area contributed by atoms with Gasteiger partial charge in [-0.3, -0.25) is 14.4 Å². The van der Waals surface area contributed by atoms with Gasteiger partial charge in [0.05, 0.1) is 29.8 Å². The molecular weight excluding hydrogens is 440 g/mol. The molecule has 5 atom stereocenters. The number of carbonyl (C=O) groups excluding carboxylic acids is 3. The molecule has 0 aromatic rings. The van der Waals surface area contributed by atoms with Crippen molar-refractivity contribution in [2.75, 3.05) is 26.3 Å². The van der Waals surface area contributed by atoms with Crippen molar-refractivity contribution in [2.24, 2.45) is 11.8 Å². The van der Waals surface area contributed by atoms with Crippen LogP contribution in [0.5, 0.6) is 0 Å². The highest BCUT2D eigenvalue weighted by Gasteiger charge is 2.71. The Hall–Kier alpha value is -1.80. The van der Waals surface area contributed by atoms with Gasteiger partial charge in [-0.1, -0.05) is 43.6 Å². The molecule has 3 fully saturated rings. The lowest BCUT2D eigenvalue weighted by Gasteiger charge is -2.39. The first-order chi connectivity index (χ1) is 16.1. The van der Waals surface area contributed by atoms with Crippen LogP contribution in [0, 0.1) is 11.8 Å². The second-order valence-corrected chi connectivity index (χ2v) is 11.4. The SMILES string of the molecule is O=C1OCCCC/C=C\[C@H]2S[C@]34C=CCN(C5CCCCC5)C(=O)C3N(CCO)C(=O)[C@@H]4[C@@H]12. The molecule has 1 spiro atoms. The van der Waals surface area contributed by atoms with Crippen LogP contribution in [0.4, 0.5) is 0 Å². The zero-order valence-electron chi connectivity index (χ0n) is 19.1. The largest absolute Gasteiger partial charge is 0.465 e. The van der Waals surface area contributed by atoms with E-state index in [1.807, 2.05) is 17.1 Å². The maximum atomic E-state index is 14.1. The second-order valence-electron chi connectivity index (χ2n) is 9.87. The van der Waals surface area contributed by atoms with Crippen molar-refractivity contribution < 1.29 is 24.2 Å². The van der Waals surface area contributed by atoms with Gasteiger partial charge in [-0.2, -0.15) is 0 Å². The zero-order valence-corrected chi connectivity index (χ0v) is 19.9. The Kier molecular flexibility index (Phi) is 6.58. The van der Waals surface area contributed by atoms with Gasteiger partial charge in [-0.25, -0.2) is 0 Å². The van der Waals surface area contributed by atoms with Gasteiger partial charge < -0.3 is 19.6 Å². The fourth-order valence-corrected chi connectivity index (χ4v) is 8.50. The average molecular weight is 475 g/mol. The van der Waals surface area contributed by atoms with E-state index in [-0.39, 0.29) is 42.2 Å². The summed E-state index contributed by atoms with van der Waals surface area (Å²) in [4.78, 5) is 44.6. The standard InChI is InChI=1S/C25H34N2O5S/c28-15-14-27-21-23(30)26(17-9-4-3-5-10-17)13-8-12-25(21)20(22(27)29)19-18(33-25)11-6-1-2-7-16-32-24(19)31/h6,8,11-12,17-21,28H,1-5,7,9-10,13-16H2/b11-6-/t18-,19+,20+,21?,25+/m1/s1. The van der Waals surface area contributed by atoms with Crippen LogP contribution in [-0.2, 0) is 19.1 Å². The first-order valence-electron chi connectivity index (χ1n) is 12.5. The molecule has 1 unspecified atom stereocenters. The predicted molar refractivity (Wildman–Crippen MR) is 125 cm³/mol. The molecule has 0 aromatic carbocycles. The van der Waals surface area contributed by atoms with Crippen LogP contribution < -0.4 is 0 Å². The number of fused-ring (bicyclic) bond motifs is 2. The number of ether oxygens (including phenoxy) is 1. The van der Waals surface area contributed by atoms with Crippen LogP contribution in [0.15, 0.2) is 24.3 Å². The van der Waals surface area contributed by atoms with Crippen molar-refractivity contribution >= 4 is 29.5 Å². The molecule has 1 saturated carbocycles. The van der Waals surface area contributed by atoms with E-state index < -0.39 is 22.6 Å². The third-order valence-electron chi connectivity index (χ3n) is 7.99. The number of rotatable bonds is 3. The van der Waals surface area contributed by atoms with Gasteiger partial charge in [0.1, 0.15) is 6.04 Å². The summed E-state index contributed by atoms with van der Waals surface area (Å²) >= 11 is 1.57. The molecule has 0 radical (unpaired) electrons. The number of hydrogen-bond acceptors (Lipinski definition) is 6. The Morgan fingerprint density at radius 3 is 2.67 bits per heavy atom. The molecule has 33 heavy (non-hydrogen) atoms. The number of allylic oxidation sites excluding steroid dienone is 1. The minimum Gasteiger partial charge on any atom is -0.465 e. The summed E-state index contributed by atoms with van der Waals surface area (Å²) in [5.74, 6) is -1.87. The van der Waals surface area contributed by atoms with Crippen LogP contribution in [0.2, 0.25) is 0 Å². The Balaban J connectivity index is 1.56. The van der Waals surface area contributed by atoms with Crippen molar-refractivity contribution in [3.63, 3.8) is 0 Å². The first kappa shape index (κ1) is 23.0. The number of aliphatic hydroxyl groups excluding tert-OH is 1. The van der Waals surface area contributed by atoms with Gasteiger partial charge in [0.2, 0.25) is 11.8 Å². The maximum Gasteiger partial charge on any atom is 0.311 e. The van der Waals surface area contributed by atoms with Crippen molar-refractivity contribution in [2.45, 2.75) is 73.4 Å². The molecule has 180 valence electrons. The summed E-state index contributed by atoms with van der Waals surface area (Å²) in [5, 5.41) is 9.55. The lowest BCUT2D eigenvalue weighted by Crippen LogP contribution is -2.55. The van der Waals surface area contributed by atoms with E-state index in [2.05, 4.69) is 12.2 Å². The van der Waals surface area contributed by atoms with Crippen LogP contribution in [0.1, 0.15) is 51.4 Å². The summed E-state index contributed by atoms with van der Waals surface area (Å²) in [5.41, 5.74) is 0. The van der Waals surface area contributed by atoms with E-state index in [0.29, 0.717) is 13.2 Å². The molecule has 0 bridgehead atoms. The van der Waals surface area contributed by atoms with Crippen LogP contribution in [0.25, 0.3) is 0 Å². The molecule has 5 aliphatic rings.